The first kappa shape index (κ1) is 16.8. The first-order valence-electron chi connectivity index (χ1n) is 8.19. The summed E-state index contributed by atoms with van der Waals surface area (Å²) >= 11 is 0. The van der Waals surface area contributed by atoms with E-state index in [2.05, 4.69) is 25.2 Å². The summed E-state index contributed by atoms with van der Waals surface area (Å²) in [5.41, 5.74) is 1.20. The number of hydrogen-bond donors (Lipinski definition) is 2. The molecule has 0 radical (unpaired) electrons. The van der Waals surface area contributed by atoms with Crippen molar-refractivity contribution in [2.24, 2.45) is 5.92 Å². The molecular weight excluding hydrogens is 278 g/mol. The van der Waals surface area contributed by atoms with Crippen LogP contribution in [-0.2, 0) is 4.79 Å². The third kappa shape index (κ3) is 4.73. The van der Waals surface area contributed by atoms with Gasteiger partial charge in [0.2, 0.25) is 0 Å². The number of aliphatic hydroxyl groups is 1. The molecule has 1 amide bonds. The average Bonchev–Trinajstić information content (AvgIpc) is 3.31. The summed E-state index contributed by atoms with van der Waals surface area (Å²) in [6.07, 6.45) is 2.35. The van der Waals surface area contributed by atoms with Gasteiger partial charge < -0.3 is 15.2 Å². The van der Waals surface area contributed by atoms with Crippen molar-refractivity contribution in [2.45, 2.75) is 58.1 Å². The molecule has 22 heavy (non-hydrogen) atoms. The Labute approximate surface area is 132 Å². The van der Waals surface area contributed by atoms with Crippen LogP contribution >= 0.6 is 0 Å². The van der Waals surface area contributed by atoms with Crippen LogP contribution in [0.2, 0.25) is 0 Å². The molecule has 2 N–H and O–H groups in total. The maximum atomic E-state index is 12.3. The summed E-state index contributed by atoms with van der Waals surface area (Å²) in [7, 11) is 0. The van der Waals surface area contributed by atoms with E-state index >= 15 is 0 Å². The van der Waals surface area contributed by atoms with Gasteiger partial charge in [-0.25, -0.2) is 0 Å². The van der Waals surface area contributed by atoms with Crippen molar-refractivity contribution in [3.8, 4) is 5.75 Å². The molecule has 2 unspecified atom stereocenters. The van der Waals surface area contributed by atoms with Crippen LogP contribution in [0.3, 0.4) is 0 Å². The number of aliphatic hydroxyl groups excluding tert-OH is 1. The normalized spacial score (nSPS) is 17.1. The largest absolute Gasteiger partial charge is 0.481 e. The third-order valence-corrected chi connectivity index (χ3v) is 4.17. The van der Waals surface area contributed by atoms with E-state index in [-0.39, 0.29) is 18.6 Å². The summed E-state index contributed by atoms with van der Waals surface area (Å²) in [4.78, 5) is 12.3. The van der Waals surface area contributed by atoms with Gasteiger partial charge in [0, 0.05) is 12.6 Å². The molecule has 1 fully saturated rings. The lowest BCUT2D eigenvalue weighted by Gasteiger charge is -2.21. The molecule has 1 aromatic rings. The lowest BCUT2D eigenvalue weighted by atomic mass is 10.0. The predicted octanol–water partition coefficient (Wildman–Crippen LogP) is 2.85. The zero-order valence-electron chi connectivity index (χ0n) is 13.7. The van der Waals surface area contributed by atoms with Crippen LogP contribution in [0.5, 0.6) is 5.75 Å². The van der Waals surface area contributed by atoms with Crippen LogP contribution in [0.25, 0.3) is 0 Å². The molecule has 1 aliphatic rings. The van der Waals surface area contributed by atoms with Gasteiger partial charge in [0.25, 0.3) is 5.91 Å². The van der Waals surface area contributed by atoms with E-state index in [1.165, 1.54) is 5.56 Å². The number of nitrogens with one attached hydrogen (secondary N) is 1. The SMILES string of the molecule is CC(Oc1cccc(C(C)C)c1)C(=O)NC(CCO)C1CC1. The minimum absolute atomic E-state index is 0.0746. The van der Waals surface area contributed by atoms with Crippen LogP contribution in [0.1, 0.15) is 51.5 Å². The summed E-state index contributed by atoms with van der Waals surface area (Å²) in [6, 6.07) is 7.95. The fraction of sp³-hybridized carbons (Fsp3) is 0.611. The van der Waals surface area contributed by atoms with Gasteiger partial charge in [-0.3, -0.25) is 4.79 Å². The van der Waals surface area contributed by atoms with E-state index in [0.29, 0.717) is 18.3 Å². The van der Waals surface area contributed by atoms with Gasteiger partial charge in [-0.2, -0.15) is 0 Å². The maximum Gasteiger partial charge on any atom is 0.261 e. The highest BCUT2D eigenvalue weighted by atomic mass is 16.5. The molecule has 1 aromatic carbocycles. The van der Waals surface area contributed by atoms with Gasteiger partial charge >= 0.3 is 0 Å². The quantitative estimate of drug-likeness (QED) is 0.776. The minimum atomic E-state index is -0.539. The minimum Gasteiger partial charge on any atom is -0.481 e. The van der Waals surface area contributed by atoms with Gasteiger partial charge in [-0.05, 0) is 55.7 Å². The zero-order valence-corrected chi connectivity index (χ0v) is 13.7. The van der Waals surface area contributed by atoms with E-state index in [1.807, 2.05) is 18.2 Å². The summed E-state index contributed by atoms with van der Waals surface area (Å²) in [6.45, 7) is 6.13. The molecule has 0 saturated heterocycles. The lowest BCUT2D eigenvalue weighted by molar-refractivity contribution is -0.128. The molecule has 1 saturated carbocycles. The van der Waals surface area contributed by atoms with E-state index < -0.39 is 6.10 Å². The van der Waals surface area contributed by atoms with Gasteiger partial charge in [0.05, 0.1) is 0 Å². The van der Waals surface area contributed by atoms with Crippen molar-refractivity contribution in [1.82, 2.24) is 5.32 Å². The van der Waals surface area contributed by atoms with Gasteiger partial charge in [0.1, 0.15) is 5.75 Å². The van der Waals surface area contributed by atoms with Crippen LogP contribution in [0, 0.1) is 5.92 Å². The average molecular weight is 305 g/mol. The number of rotatable bonds is 8. The van der Waals surface area contributed by atoms with Crippen molar-refractivity contribution in [1.29, 1.82) is 0 Å². The first-order chi connectivity index (χ1) is 10.5. The summed E-state index contributed by atoms with van der Waals surface area (Å²) in [5.74, 6) is 1.56. The van der Waals surface area contributed by atoms with E-state index in [1.54, 1.807) is 6.92 Å². The van der Waals surface area contributed by atoms with E-state index in [9.17, 15) is 4.79 Å². The van der Waals surface area contributed by atoms with Crippen molar-refractivity contribution < 1.29 is 14.6 Å². The number of hydrogen-bond acceptors (Lipinski definition) is 3. The molecule has 4 heteroatoms. The molecule has 0 heterocycles. The van der Waals surface area contributed by atoms with Gasteiger partial charge in [-0.1, -0.05) is 26.0 Å². The Morgan fingerprint density at radius 2 is 2.09 bits per heavy atom. The van der Waals surface area contributed by atoms with Crippen molar-refractivity contribution in [3.05, 3.63) is 29.8 Å². The highest BCUT2D eigenvalue weighted by molar-refractivity contribution is 5.81. The zero-order chi connectivity index (χ0) is 16.1. The van der Waals surface area contributed by atoms with Gasteiger partial charge in [-0.15, -0.1) is 0 Å². The molecule has 2 atom stereocenters. The Kier molecular flexibility index (Phi) is 5.83. The Morgan fingerprint density at radius 3 is 2.68 bits per heavy atom. The smallest absolute Gasteiger partial charge is 0.261 e. The second kappa shape index (κ2) is 7.63. The van der Waals surface area contributed by atoms with Crippen molar-refractivity contribution in [2.75, 3.05) is 6.61 Å². The van der Waals surface area contributed by atoms with Crippen LogP contribution < -0.4 is 10.1 Å². The van der Waals surface area contributed by atoms with E-state index in [0.717, 1.165) is 18.6 Å². The number of benzene rings is 1. The highest BCUT2D eigenvalue weighted by Gasteiger charge is 2.32. The highest BCUT2D eigenvalue weighted by Crippen LogP contribution is 2.34. The second-order valence-corrected chi connectivity index (χ2v) is 6.45. The van der Waals surface area contributed by atoms with Crippen LogP contribution in [0.15, 0.2) is 24.3 Å². The molecular formula is C18H27NO3. The molecule has 1 aliphatic carbocycles. The fourth-order valence-electron chi connectivity index (χ4n) is 2.57. The lowest BCUT2D eigenvalue weighted by Crippen LogP contribution is -2.44. The number of amides is 1. The topological polar surface area (TPSA) is 58.6 Å². The summed E-state index contributed by atoms with van der Waals surface area (Å²) in [5, 5.41) is 12.1. The van der Waals surface area contributed by atoms with Crippen molar-refractivity contribution >= 4 is 5.91 Å². The maximum absolute atomic E-state index is 12.3. The van der Waals surface area contributed by atoms with E-state index in [4.69, 9.17) is 9.84 Å². The standard InChI is InChI=1S/C18H27NO3/c1-12(2)15-5-4-6-16(11-15)22-13(3)18(21)19-17(9-10-20)14-7-8-14/h4-6,11-14,17,20H,7-10H2,1-3H3,(H,19,21). The predicted molar refractivity (Wildman–Crippen MR) is 87.0 cm³/mol. The van der Waals surface area contributed by atoms with Crippen LogP contribution in [-0.4, -0.2) is 29.8 Å². The molecule has 4 nitrogen and oxygen atoms in total. The Hall–Kier alpha value is -1.55. The molecule has 0 aromatic heterocycles. The Morgan fingerprint density at radius 1 is 1.36 bits per heavy atom. The number of carbonyl (C=O) groups excluding carboxylic acids is 1. The number of carbonyl (C=O) groups is 1. The third-order valence-electron chi connectivity index (χ3n) is 4.17. The monoisotopic (exact) mass is 305 g/mol. The molecule has 0 spiro atoms. The van der Waals surface area contributed by atoms with Gasteiger partial charge in [0.15, 0.2) is 6.10 Å². The molecule has 0 bridgehead atoms. The molecule has 2 rings (SSSR count). The Balaban J connectivity index is 1.91. The fourth-order valence-corrected chi connectivity index (χ4v) is 2.57. The second-order valence-electron chi connectivity index (χ2n) is 6.45. The van der Waals surface area contributed by atoms with Crippen LogP contribution in [0.4, 0.5) is 0 Å². The molecule has 0 aliphatic heterocycles. The van der Waals surface area contributed by atoms with Crippen molar-refractivity contribution in [3.63, 3.8) is 0 Å². The first-order valence-corrected chi connectivity index (χ1v) is 8.19. The number of ether oxygens (including phenoxy) is 1. The molecule has 122 valence electrons. The Bertz CT molecular complexity index is 497. The summed E-state index contributed by atoms with van der Waals surface area (Å²) < 4.78 is 5.77.